The van der Waals surface area contributed by atoms with E-state index in [1.54, 1.807) is 0 Å². The van der Waals surface area contributed by atoms with Gasteiger partial charge in [-0.1, -0.05) is 40.5 Å². The van der Waals surface area contributed by atoms with E-state index in [9.17, 15) is 0 Å². The summed E-state index contributed by atoms with van der Waals surface area (Å²) in [4.78, 5) is 0. The molecule has 0 aromatic carbocycles. The van der Waals surface area contributed by atoms with Crippen LogP contribution in [0.15, 0.2) is 12.3 Å². The SMILES string of the molecule is CC(C)NCCC(C)(C)Cc1ccn(C2CCCC2)n1. The highest BCUT2D eigenvalue weighted by Crippen LogP contribution is 2.30. The predicted molar refractivity (Wildman–Crippen MR) is 85.0 cm³/mol. The Kier molecular flexibility index (Phi) is 5.25. The minimum Gasteiger partial charge on any atom is -0.315 e. The maximum atomic E-state index is 4.82. The zero-order valence-corrected chi connectivity index (χ0v) is 13.7. The average molecular weight is 277 g/mol. The molecule has 20 heavy (non-hydrogen) atoms. The van der Waals surface area contributed by atoms with Crippen LogP contribution in [0.4, 0.5) is 0 Å². The van der Waals surface area contributed by atoms with Crippen molar-refractivity contribution in [2.75, 3.05) is 6.54 Å². The van der Waals surface area contributed by atoms with Crippen molar-refractivity contribution >= 4 is 0 Å². The lowest BCUT2D eigenvalue weighted by Gasteiger charge is -2.24. The van der Waals surface area contributed by atoms with Gasteiger partial charge < -0.3 is 5.32 Å². The first-order valence-electron chi connectivity index (χ1n) is 8.24. The molecule has 114 valence electrons. The molecule has 3 nitrogen and oxygen atoms in total. The first-order chi connectivity index (χ1) is 9.46. The van der Waals surface area contributed by atoms with Crippen LogP contribution in [0, 0.1) is 5.41 Å². The van der Waals surface area contributed by atoms with Gasteiger partial charge in [0.25, 0.3) is 0 Å². The van der Waals surface area contributed by atoms with Crippen LogP contribution in [0.25, 0.3) is 0 Å². The van der Waals surface area contributed by atoms with Gasteiger partial charge in [0, 0.05) is 12.2 Å². The molecular formula is C17H31N3. The summed E-state index contributed by atoms with van der Waals surface area (Å²) in [5.41, 5.74) is 1.57. The third kappa shape index (κ3) is 4.62. The molecule has 0 unspecified atom stereocenters. The van der Waals surface area contributed by atoms with Crippen LogP contribution in [0.3, 0.4) is 0 Å². The number of aromatic nitrogens is 2. The van der Waals surface area contributed by atoms with Crippen LogP contribution >= 0.6 is 0 Å². The monoisotopic (exact) mass is 277 g/mol. The van der Waals surface area contributed by atoms with E-state index in [1.807, 2.05) is 0 Å². The Morgan fingerprint density at radius 2 is 2.05 bits per heavy atom. The number of nitrogens with zero attached hydrogens (tertiary/aromatic N) is 2. The molecule has 1 aromatic heterocycles. The molecule has 0 aliphatic heterocycles. The second kappa shape index (κ2) is 6.75. The van der Waals surface area contributed by atoms with Crippen molar-refractivity contribution in [1.82, 2.24) is 15.1 Å². The van der Waals surface area contributed by atoms with Crippen molar-refractivity contribution in [2.45, 2.75) is 78.3 Å². The zero-order valence-electron chi connectivity index (χ0n) is 13.7. The molecule has 1 aliphatic carbocycles. The van der Waals surface area contributed by atoms with Gasteiger partial charge in [-0.25, -0.2) is 0 Å². The summed E-state index contributed by atoms with van der Waals surface area (Å²) in [6.07, 6.45) is 9.81. The van der Waals surface area contributed by atoms with Gasteiger partial charge in [-0.15, -0.1) is 0 Å². The Hall–Kier alpha value is -0.830. The van der Waals surface area contributed by atoms with Crippen LogP contribution in [-0.4, -0.2) is 22.4 Å². The predicted octanol–water partition coefficient (Wildman–Crippen LogP) is 3.96. The van der Waals surface area contributed by atoms with Gasteiger partial charge in [0.15, 0.2) is 0 Å². The highest BCUT2D eigenvalue weighted by molar-refractivity contribution is 5.03. The standard InChI is InChI=1S/C17H31N3/c1-14(2)18-11-10-17(3,4)13-15-9-12-20(19-15)16-7-5-6-8-16/h9,12,14,16,18H,5-8,10-11,13H2,1-4H3. The molecule has 0 amide bonds. The van der Waals surface area contributed by atoms with Gasteiger partial charge in [0.2, 0.25) is 0 Å². The van der Waals surface area contributed by atoms with Gasteiger partial charge in [-0.2, -0.15) is 5.10 Å². The van der Waals surface area contributed by atoms with E-state index in [-0.39, 0.29) is 0 Å². The van der Waals surface area contributed by atoms with Crippen LogP contribution in [0.1, 0.15) is 71.5 Å². The number of hydrogen-bond donors (Lipinski definition) is 1. The molecule has 0 spiro atoms. The summed E-state index contributed by atoms with van der Waals surface area (Å²) in [7, 11) is 0. The second-order valence-corrected chi connectivity index (χ2v) is 7.43. The first-order valence-corrected chi connectivity index (χ1v) is 8.24. The zero-order chi connectivity index (χ0) is 14.6. The number of rotatable bonds is 7. The second-order valence-electron chi connectivity index (χ2n) is 7.43. The highest BCUT2D eigenvalue weighted by Gasteiger charge is 2.22. The molecule has 0 atom stereocenters. The maximum absolute atomic E-state index is 4.82. The summed E-state index contributed by atoms with van der Waals surface area (Å²) in [6.45, 7) is 10.2. The fourth-order valence-electron chi connectivity index (χ4n) is 3.12. The summed E-state index contributed by atoms with van der Waals surface area (Å²) in [6, 6.07) is 3.46. The molecule has 2 rings (SSSR count). The molecule has 1 fully saturated rings. The molecular weight excluding hydrogens is 246 g/mol. The van der Waals surface area contributed by atoms with Crippen molar-refractivity contribution in [3.8, 4) is 0 Å². The summed E-state index contributed by atoms with van der Waals surface area (Å²) < 4.78 is 2.21. The average Bonchev–Trinajstić information content (AvgIpc) is 2.96. The molecule has 3 heteroatoms. The van der Waals surface area contributed by atoms with Gasteiger partial charge in [0.1, 0.15) is 0 Å². The van der Waals surface area contributed by atoms with E-state index in [2.05, 4.69) is 50.0 Å². The molecule has 1 N–H and O–H groups in total. The molecule has 1 saturated carbocycles. The largest absolute Gasteiger partial charge is 0.315 e. The van der Waals surface area contributed by atoms with Crippen LogP contribution in [0.5, 0.6) is 0 Å². The Bertz CT molecular complexity index is 400. The minimum atomic E-state index is 0.316. The minimum absolute atomic E-state index is 0.316. The number of nitrogens with one attached hydrogen (secondary N) is 1. The fraction of sp³-hybridized carbons (Fsp3) is 0.824. The van der Waals surface area contributed by atoms with Gasteiger partial charge >= 0.3 is 0 Å². The molecule has 1 heterocycles. The lowest BCUT2D eigenvalue weighted by atomic mass is 9.84. The Morgan fingerprint density at radius 3 is 2.70 bits per heavy atom. The Balaban J connectivity index is 1.85. The Morgan fingerprint density at radius 1 is 1.35 bits per heavy atom. The van der Waals surface area contributed by atoms with Gasteiger partial charge in [-0.3, -0.25) is 4.68 Å². The van der Waals surface area contributed by atoms with Crippen molar-refractivity contribution in [2.24, 2.45) is 5.41 Å². The molecule has 0 radical (unpaired) electrons. The van der Waals surface area contributed by atoms with Crippen molar-refractivity contribution < 1.29 is 0 Å². The third-order valence-corrected chi connectivity index (χ3v) is 4.38. The Labute approximate surface area is 124 Å². The van der Waals surface area contributed by atoms with E-state index in [1.165, 1.54) is 37.8 Å². The van der Waals surface area contributed by atoms with E-state index in [0.717, 1.165) is 13.0 Å². The van der Waals surface area contributed by atoms with Crippen molar-refractivity contribution in [3.05, 3.63) is 18.0 Å². The molecule has 0 bridgehead atoms. The van der Waals surface area contributed by atoms with Crippen molar-refractivity contribution in [1.29, 1.82) is 0 Å². The van der Waals surface area contributed by atoms with Crippen LogP contribution in [-0.2, 0) is 6.42 Å². The quantitative estimate of drug-likeness (QED) is 0.817. The van der Waals surface area contributed by atoms with E-state index < -0.39 is 0 Å². The first kappa shape index (κ1) is 15.6. The molecule has 1 aromatic rings. The maximum Gasteiger partial charge on any atom is 0.0630 e. The van der Waals surface area contributed by atoms with Crippen molar-refractivity contribution in [3.63, 3.8) is 0 Å². The topological polar surface area (TPSA) is 29.9 Å². The van der Waals surface area contributed by atoms with Gasteiger partial charge in [0.05, 0.1) is 11.7 Å². The van der Waals surface area contributed by atoms with E-state index >= 15 is 0 Å². The van der Waals surface area contributed by atoms with E-state index in [4.69, 9.17) is 5.10 Å². The van der Waals surface area contributed by atoms with Gasteiger partial charge in [-0.05, 0) is 43.7 Å². The number of hydrogen-bond acceptors (Lipinski definition) is 2. The van der Waals surface area contributed by atoms with Crippen LogP contribution < -0.4 is 5.32 Å². The molecule has 0 saturated heterocycles. The fourth-order valence-corrected chi connectivity index (χ4v) is 3.12. The summed E-state index contributed by atoms with van der Waals surface area (Å²) in [5.74, 6) is 0. The molecule has 1 aliphatic rings. The lowest BCUT2D eigenvalue weighted by Crippen LogP contribution is -2.28. The smallest absolute Gasteiger partial charge is 0.0630 e. The third-order valence-electron chi connectivity index (χ3n) is 4.38. The van der Waals surface area contributed by atoms with E-state index in [0.29, 0.717) is 17.5 Å². The lowest BCUT2D eigenvalue weighted by molar-refractivity contribution is 0.315. The van der Waals surface area contributed by atoms with Crippen LogP contribution in [0.2, 0.25) is 0 Å². The summed E-state index contributed by atoms with van der Waals surface area (Å²) in [5, 5.41) is 8.33. The summed E-state index contributed by atoms with van der Waals surface area (Å²) >= 11 is 0. The highest BCUT2D eigenvalue weighted by atomic mass is 15.3. The normalized spacial score (nSPS) is 17.2.